The summed E-state index contributed by atoms with van der Waals surface area (Å²) in [5, 5.41) is 0. The molecule has 45 heavy (non-hydrogen) atoms. The average molecular weight is 629 g/mol. The van der Waals surface area contributed by atoms with Crippen LogP contribution in [0.3, 0.4) is 0 Å². The van der Waals surface area contributed by atoms with Crippen molar-refractivity contribution in [2.45, 2.75) is 38.7 Å². The Hall–Kier alpha value is -4.80. The van der Waals surface area contributed by atoms with Gasteiger partial charge in [-0.25, -0.2) is 36.3 Å². The highest BCUT2D eigenvalue weighted by molar-refractivity contribution is 5.73. The predicted molar refractivity (Wildman–Crippen MR) is 152 cm³/mol. The molecular weight excluding hydrogens is 604 g/mol. The van der Waals surface area contributed by atoms with Gasteiger partial charge in [0.05, 0.1) is 0 Å². The Morgan fingerprint density at radius 1 is 0.622 bits per heavy atom. The fourth-order valence-corrected chi connectivity index (χ4v) is 4.75. The summed E-state index contributed by atoms with van der Waals surface area (Å²) >= 11 is 0. The van der Waals surface area contributed by atoms with Gasteiger partial charge in [0.2, 0.25) is 0 Å². The average Bonchev–Trinajstić information content (AvgIpc) is 2.99. The van der Waals surface area contributed by atoms with E-state index in [2.05, 4.69) is 21.6 Å². The fourth-order valence-electron chi connectivity index (χ4n) is 4.75. The Morgan fingerprint density at radius 2 is 1.18 bits per heavy atom. The second-order valence-electron chi connectivity index (χ2n) is 10.3. The number of halogens is 8. The van der Waals surface area contributed by atoms with Gasteiger partial charge in [-0.3, -0.25) is 0 Å². The maximum atomic E-state index is 15.2. The van der Waals surface area contributed by atoms with Gasteiger partial charge in [0.15, 0.2) is 23.3 Å². The molecule has 0 saturated carbocycles. The molecule has 0 aliphatic rings. The summed E-state index contributed by atoms with van der Waals surface area (Å²) in [4.78, 5) is 8.85. The molecule has 0 amide bonds. The van der Waals surface area contributed by atoms with Gasteiger partial charge in [-0.1, -0.05) is 56.2 Å². The standard InChI is InChI=1S/C34H24F8N2O/c1-2-3-4-5-19-17-43-33(44-18-19)21-8-6-20(7-9-21)22-10-11-25(26(35)12-22)23-13-27(36)31(28(37)14-23)34(41,42)45-24-15-29(38)32(40)30(39)16-24/h6-18H,2-5H2,1H3. The summed E-state index contributed by atoms with van der Waals surface area (Å²) in [6.07, 6.45) is 3.04. The zero-order valence-corrected chi connectivity index (χ0v) is 23.7. The molecule has 5 rings (SSSR count). The largest absolute Gasteiger partial charge is 0.432 e. The van der Waals surface area contributed by atoms with E-state index in [-0.39, 0.29) is 17.7 Å². The van der Waals surface area contributed by atoms with Crippen LogP contribution in [-0.4, -0.2) is 9.97 Å². The van der Waals surface area contributed by atoms with Crippen LogP contribution in [0.4, 0.5) is 35.1 Å². The molecule has 5 aromatic rings. The molecule has 0 aliphatic carbocycles. The third-order valence-electron chi connectivity index (χ3n) is 7.07. The Morgan fingerprint density at radius 3 is 1.76 bits per heavy atom. The number of nitrogens with zero attached hydrogens (tertiary/aromatic N) is 2. The van der Waals surface area contributed by atoms with Crippen molar-refractivity contribution in [3.63, 3.8) is 0 Å². The quantitative estimate of drug-likeness (QED) is 0.0877. The van der Waals surface area contributed by atoms with Gasteiger partial charge >= 0.3 is 6.11 Å². The van der Waals surface area contributed by atoms with E-state index in [0.717, 1.165) is 42.9 Å². The Balaban J connectivity index is 1.34. The Kier molecular flexibility index (Phi) is 9.17. The highest BCUT2D eigenvalue weighted by atomic mass is 19.3. The lowest BCUT2D eigenvalue weighted by atomic mass is 9.97. The van der Waals surface area contributed by atoms with Crippen molar-refractivity contribution in [3.8, 4) is 39.4 Å². The van der Waals surface area contributed by atoms with Gasteiger partial charge in [-0.15, -0.1) is 0 Å². The molecule has 0 saturated heterocycles. The Labute approximate surface area is 253 Å². The van der Waals surface area contributed by atoms with Crippen molar-refractivity contribution in [1.82, 2.24) is 9.97 Å². The zero-order valence-electron chi connectivity index (χ0n) is 23.7. The molecule has 0 bridgehead atoms. The molecule has 0 atom stereocenters. The van der Waals surface area contributed by atoms with Crippen LogP contribution in [-0.2, 0) is 12.5 Å². The number of aromatic nitrogens is 2. The molecule has 0 N–H and O–H groups in total. The third-order valence-corrected chi connectivity index (χ3v) is 7.07. The van der Waals surface area contributed by atoms with E-state index in [4.69, 9.17) is 0 Å². The molecule has 0 radical (unpaired) electrons. The Bertz CT molecular complexity index is 1780. The minimum Gasteiger partial charge on any atom is -0.429 e. The summed E-state index contributed by atoms with van der Waals surface area (Å²) in [5.41, 5.74) is 0.303. The van der Waals surface area contributed by atoms with E-state index in [0.29, 0.717) is 29.1 Å². The zero-order chi connectivity index (χ0) is 32.3. The molecule has 1 heterocycles. The van der Waals surface area contributed by atoms with Crippen molar-refractivity contribution in [2.24, 2.45) is 0 Å². The number of rotatable bonds is 10. The first-order valence-corrected chi connectivity index (χ1v) is 13.9. The molecule has 1 aromatic heterocycles. The summed E-state index contributed by atoms with van der Waals surface area (Å²) < 4.78 is 118. The molecule has 11 heteroatoms. The summed E-state index contributed by atoms with van der Waals surface area (Å²) in [7, 11) is 0. The van der Waals surface area contributed by atoms with E-state index in [1.54, 1.807) is 36.7 Å². The van der Waals surface area contributed by atoms with Gasteiger partial charge in [-0.05, 0) is 53.3 Å². The van der Waals surface area contributed by atoms with Gasteiger partial charge in [0, 0.05) is 35.7 Å². The number of alkyl halides is 2. The molecular formula is C34H24F8N2O. The first-order valence-electron chi connectivity index (χ1n) is 13.9. The van der Waals surface area contributed by atoms with Crippen LogP contribution in [0, 0.1) is 34.9 Å². The lowest BCUT2D eigenvalue weighted by molar-refractivity contribution is -0.189. The molecule has 232 valence electrons. The van der Waals surface area contributed by atoms with Crippen molar-refractivity contribution in [1.29, 1.82) is 0 Å². The second kappa shape index (κ2) is 13.1. The fraction of sp³-hybridized carbons (Fsp3) is 0.176. The predicted octanol–water partition coefficient (Wildman–Crippen LogP) is 10.2. The first-order chi connectivity index (χ1) is 21.5. The minimum absolute atomic E-state index is 0.0985. The lowest BCUT2D eigenvalue weighted by Gasteiger charge is -2.20. The molecule has 0 unspecified atom stereocenters. The first kappa shape index (κ1) is 31.6. The van der Waals surface area contributed by atoms with Crippen molar-refractivity contribution in [2.75, 3.05) is 0 Å². The number of unbranched alkanes of at least 4 members (excludes halogenated alkanes) is 2. The second-order valence-corrected chi connectivity index (χ2v) is 10.3. The van der Waals surface area contributed by atoms with E-state index in [1.165, 1.54) is 12.1 Å². The maximum absolute atomic E-state index is 15.2. The van der Waals surface area contributed by atoms with E-state index in [9.17, 15) is 30.7 Å². The van der Waals surface area contributed by atoms with Crippen molar-refractivity contribution >= 4 is 0 Å². The molecule has 0 aliphatic heterocycles. The lowest BCUT2D eigenvalue weighted by Crippen LogP contribution is -2.25. The van der Waals surface area contributed by atoms with Crippen LogP contribution in [0.1, 0.15) is 37.3 Å². The van der Waals surface area contributed by atoms with Crippen LogP contribution in [0.15, 0.2) is 79.1 Å². The van der Waals surface area contributed by atoms with Gasteiger partial charge < -0.3 is 4.74 Å². The minimum atomic E-state index is -4.76. The molecule has 0 fully saturated rings. The molecule has 3 nitrogen and oxygen atoms in total. The monoisotopic (exact) mass is 628 g/mol. The molecule has 4 aromatic carbocycles. The highest BCUT2D eigenvalue weighted by Crippen LogP contribution is 2.38. The van der Waals surface area contributed by atoms with Crippen LogP contribution in [0.2, 0.25) is 0 Å². The molecule has 0 spiro atoms. The summed E-state index contributed by atoms with van der Waals surface area (Å²) in [5.74, 6) is -10.8. The maximum Gasteiger partial charge on any atom is 0.432 e. The number of hydrogen-bond donors (Lipinski definition) is 0. The van der Waals surface area contributed by atoms with Gasteiger partial charge in [-0.2, -0.15) is 8.78 Å². The van der Waals surface area contributed by atoms with E-state index < -0.39 is 57.9 Å². The van der Waals surface area contributed by atoms with Crippen molar-refractivity contribution < 1.29 is 39.9 Å². The van der Waals surface area contributed by atoms with Crippen molar-refractivity contribution in [3.05, 3.63) is 125 Å². The highest BCUT2D eigenvalue weighted by Gasteiger charge is 2.41. The number of aryl methyl sites for hydroxylation is 1. The van der Waals surface area contributed by atoms with E-state index >= 15 is 4.39 Å². The van der Waals surface area contributed by atoms with Crippen LogP contribution in [0.25, 0.3) is 33.6 Å². The topological polar surface area (TPSA) is 35.0 Å². The van der Waals surface area contributed by atoms with Gasteiger partial charge in [0.25, 0.3) is 0 Å². The number of hydrogen-bond acceptors (Lipinski definition) is 3. The van der Waals surface area contributed by atoms with Gasteiger partial charge in [0.1, 0.15) is 28.8 Å². The van der Waals surface area contributed by atoms with Crippen LogP contribution in [0.5, 0.6) is 5.75 Å². The normalized spacial score (nSPS) is 11.6. The number of benzene rings is 4. The van der Waals surface area contributed by atoms with Crippen LogP contribution >= 0.6 is 0 Å². The van der Waals surface area contributed by atoms with E-state index in [1.807, 2.05) is 0 Å². The number of ether oxygens (including phenoxy) is 1. The smallest absolute Gasteiger partial charge is 0.429 e. The summed E-state index contributed by atoms with van der Waals surface area (Å²) in [6, 6.07) is 12.0. The SMILES string of the molecule is CCCCCc1cnc(-c2ccc(-c3ccc(-c4cc(F)c(C(F)(F)Oc5cc(F)c(F)c(F)c5)c(F)c4)c(F)c3)cc2)nc1. The van der Waals surface area contributed by atoms with Crippen LogP contribution < -0.4 is 4.74 Å². The third kappa shape index (κ3) is 6.97. The summed E-state index contributed by atoms with van der Waals surface area (Å²) in [6.45, 7) is 2.13.